The van der Waals surface area contributed by atoms with E-state index < -0.39 is 0 Å². The number of aromatic nitrogens is 3. The van der Waals surface area contributed by atoms with Crippen molar-refractivity contribution in [3.05, 3.63) is 34.5 Å². The van der Waals surface area contributed by atoms with Crippen molar-refractivity contribution in [3.63, 3.8) is 0 Å². The van der Waals surface area contributed by atoms with Crippen molar-refractivity contribution in [2.24, 2.45) is 11.8 Å². The predicted molar refractivity (Wildman–Crippen MR) is 76.4 cm³/mol. The van der Waals surface area contributed by atoms with E-state index in [-0.39, 0.29) is 5.56 Å². The van der Waals surface area contributed by atoms with Gasteiger partial charge in [-0.3, -0.25) is 4.79 Å². The summed E-state index contributed by atoms with van der Waals surface area (Å²) in [7, 11) is 0. The van der Waals surface area contributed by atoms with Crippen LogP contribution < -0.4 is 5.56 Å². The lowest BCUT2D eigenvalue weighted by atomic mass is 9.98. The Kier molecular flexibility index (Phi) is 3.80. The second kappa shape index (κ2) is 5.18. The lowest BCUT2D eigenvalue weighted by Gasteiger charge is -2.19. The summed E-state index contributed by atoms with van der Waals surface area (Å²) in [6.07, 6.45) is 3.64. The molecule has 2 aromatic heterocycles. The second-order valence-corrected chi connectivity index (χ2v) is 5.42. The van der Waals surface area contributed by atoms with Crippen LogP contribution in [0.25, 0.3) is 5.52 Å². The van der Waals surface area contributed by atoms with Crippen LogP contribution in [0.1, 0.15) is 19.5 Å². The molecular weight excluding hydrogens is 246 g/mol. The molecule has 0 aliphatic rings. The van der Waals surface area contributed by atoms with Gasteiger partial charge in [0.1, 0.15) is 5.52 Å². The molecule has 98 valence electrons. The first-order chi connectivity index (χ1) is 8.52. The number of thiol groups is 1. The minimum atomic E-state index is 0.0190. The third-order valence-electron chi connectivity index (χ3n) is 3.33. The van der Waals surface area contributed by atoms with E-state index in [1.165, 1.54) is 0 Å². The van der Waals surface area contributed by atoms with Crippen LogP contribution >= 0.6 is 12.6 Å². The van der Waals surface area contributed by atoms with Crippen molar-refractivity contribution in [3.8, 4) is 0 Å². The zero-order valence-corrected chi connectivity index (χ0v) is 11.9. The van der Waals surface area contributed by atoms with Crippen LogP contribution in [-0.4, -0.2) is 19.9 Å². The summed E-state index contributed by atoms with van der Waals surface area (Å²) < 4.78 is 3.40. The smallest absolute Gasteiger partial charge is 0.276 e. The summed E-state index contributed by atoms with van der Waals surface area (Å²) >= 11 is 4.36. The summed E-state index contributed by atoms with van der Waals surface area (Å²) in [6.45, 7) is 6.92. The maximum Gasteiger partial charge on any atom is 0.276 e. The van der Waals surface area contributed by atoms with Gasteiger partial charge in [-0.05, 0) is 30.6 Å². The van der Waals surface area contributed by atoms with E-state index in [0.717, 1.165) is 11.4 Å². The molecule has 2 heterocycles. The molecule has 18 heavy (non-hydrogen) atoms. The maximum atomic E-state index is 12.3. The third kappa shape index (κ3) is 2.46. The number of nitrogens with zero attached hydrogens (tertiary/aromatic N) is 3. The zero-order chi connectivity index (χ0) is 13.3. The summed E-state index contributed by atoms with van der Waals surface area (Å²) in [4.78, 5) is 12.3. The van der Waals surface area contributed by atoms with Crippen molar-refractivity contribution in [2.75, 3.05) is 5.75 Å². The molecule has 1 atom stereocenters. The van der Waals surface area contributed by atoms with Gasteiger partial charge in [-0.1, -0.05) is 13.8 Å². The molecule has 0 aliphatic heterocycles. The Labute approximate surface area is 112 Å². The largest absolute Gasteiger partial charge is 0.312 e. The lowest BCUT2D eigenvalue weighted by Crippen LogP contribution is -2.27. The molecule has 0 N–H and O–H groups in total. The first kappa shape index (κ1) is 13.2. The Bertz CT molecular complexity index is 600. The molecule has 0 aromatic carbocycles. The number of rotatable bonds is 4. The van der Waals surface area contributed by atoms with Crippen molar-refractivity contribution >= 4 is 18.1 Å². The van der Waals surface area contributed by atoms with E-state index in [4.69, 9.17) is 0 Å². The molecule has 0 aliphatic carbocycles. The van der Waals surface area contributed by atoms with E-state index in [9.17, 15) is 4.79 Å². The van der Waals surface area contributed by atoms with E-state index in [1.807, 2.05) is 19.2 Å². The van der Waals surface area contributed by atoms with Crippen LogP contribution in [0.4, 0.5) is 0 Å². The zero-order valence-electron chi connectivity index (χ0n) is 11.0. The molecule has 0 amide bonds. The molecule has 0 radical (unpaired) electrons. The first-order valence-corrected chi connectivity index (χ1v) is 6.82. The molecular formula is C13H19N3OS. The number of aryl methyl sites for hydroxylation is 1. The average Bonchev–Trinajstić information content (AvgIpc) is 2.69. The fourth-order valence-corrected chi connectivity index (χ4v) is 2.56. The summed E-state index contributed by atoms with van der Waals surface area (Å²) in [5.41, 5.74) is 1.52. The van der Waals surface area contributed by atoms with Crippen molar-refractivity contribution in [2.45, 2.75) is 27.3 Å². The average molecular weight is 265 g/mol. The molecule has 0 saturated heterocycles. The lowest BCUT2D eigenvalue weighted by molar-refractivity contribution is 0.367. The van der Waals surface area contributed by atoms with Gasteiger partial charge in [0.15, 0.2) is 0 Å². The highest BCUT2D eigenvalue weighted by molar-refractivity contribution is 7.80. The van der Waals surface area contributed by atoms with Gasteiger partial charge < -0.3 is 4.57 Å². The molecule has 0 fully saturated rings. The van der Waals surface area contributed by atoms with Crippen LogP contribution in [-0.2, 0) is 6.54 Å². The van der Waals surface area contributed by atoms with Crippen molar-refractivity contribution in [1.82, 2.24) is 14.2 Å². The van der Waals surface area contributed by atoms with E-state index >= 15 is 0 Å². The maximum absolute atomic E-state index is 12.3. The van der Waals surface area contributed by atoms with Crippen molar-refractivity contribution in [1.29, 1.82) is 0 Å². The number of fused-ring (bicyclic) bond motifs is 1. The molecule has 1 unspecified atom stereocenters. The van der Waals surface area contributed by atoms with Gasteiger partial charge in [-0.2, -0.15) is 17.7 Å². The van der Waals surface area contributed by atoms with Crippen LogP contribution in [0.15, 0.2) is 23.3 Å². The highest BCUT2D eigenvalue weighted by Gasteiger charge is 2.14. The molecule has 2 aromatic rings. The van der Waals surface area contributed by atoms with Gasteiger partial charge in [0.25, 0.3) is 5.56 Å². The minimum absolute atomic E-state index is 0.0190. The fraction of sp³-hybridized carbons (Fsp3) is 0.538. The molecule has 2 rings (SSSR count). The quantitative estimate of drug-likeness (QED) is 0.859. The Morgan fingerprint density at radius 3 is 2.72 bits per heavy atom. The molecule has 4 nitrogen and oxygen atoms in total. The SMILES string of the molecule is Cc1cc2c(=O)n(CC(CS)C(C)C)ccn2n1. The van der Waals surface area contributed by atoms with Crippen LogP contribution in [0, 0.1) is 18.8 Å². The summed E-state index contributed by atoms with van der Waals surface area (Å²) in [5.74, 6) is 1.70. The van der Waals surface area contributed by atoms with Crippen LogP contribution in [0.5, 0.6) is 0 Å². The van der Waals surface area contributed by atoms with Gasteiger partial charge in [-0.15, -0.1) is 0 Å². The number of hydrogen-bond donors (Lipinski definition) is 1. The molecule has 0 spiro atoms. The highest BCUT2D eigenvalue weighted by Crippen LogP contribution is 2.14. The molecule has 0 saturated carbocycles. The monoisotopic (exact) mass is 265 g/mol. The Hall–Kier alpha value is -1.23. The summed E-state index contributed by atoms with van der Waals surface area (Å²) in [6, 6.07) is 1.82. The Morgan fingerprint density at radius 1 is 1.39 bits per heavy atom. The van der Waals surface area contributed by atoms with Gasteiger partial charge in [0.05, 0.1) is 5.69 Å². The Balaban J connectivity index is 2.40. The van der Waals surface area contributed by atoms with Gasteiger partial charge >= 0.3 is 0 Å². The fourth-order valence-electron chi connectivity index (χ4n) is 2.02. The standard InChI is InChI=1S/C13H19N3OS/c1-9(2)11(8-18)7-15-4-5-16-12(13(15)17)6-10(3)14-16/h4-6,9,11,18H,7-8H2,1-3H3. The highest BCUT2D eigenvalue weighted by atomic mass is 32.1. The predicted octanol–water partition coefficient (Wildman–Crippen LogP) is 2.01. The minimum Gasteiger partial charge on any atom is -0.312 e. The van der Waals surface area contributed by atoms with E-state index in [0.29, 0.717) is 23.9 Å². The normalized spacial score (nSPS) is 13.4. The van der Waals surface area contributed by atoms with E-state index in [2.05, 4.69) is 31.6 Å². The van der Waals surface area contributed by atoms with E-state index in [1.54, 1.807) is 15.3 Å². The number of hydrogen-bond acceptors (Lipinski definition) is 3. The Morgan fingerprint density at radius 2 is 2.11 bits per heavy atom. The van der Waals surface area contributed by atoms with Crippen molar-refractivity contribution < 1.29 is 0 Å². The summed E-state index contributed by atoms with van der Waals surface area (Å²) in [5, 5.41) is 4.24. The molecule has 5 heteroatoms. The topological polar surface area (TPSA) is 39.3 Å². The first-order valence-electron chi connectivity index (χ1n) is 6.19. The van der Waals surface area contributed by atoms with Gasteiger partial charge in [-0.25, -0.2) is 4.52 Å². The third-order valence-corrected chi connectivity index (χ3v) is 3.80. The van der Waals surface area contributed by atoms with Crippen LogP contribution in [0.2, 0.25) is 0 Å². The second-order valence-electron chi connectivity index (χ2n) is 5.06. The molecule has 0 bridgehead atoms. The van der Waals surface area contributed by atoms with Gasteiger partial charge in [0, 0.05) is 18.9 Å². The van der Waals surface area contributed by atoms with Gasteiger partial charge in [0.2, 0.25) is 0 Å². The van der Waals surface area contributed by atoms with Crippen LogP contribution in [0.3, 0.4) is 0 Å².